The van der Waals surface area contributed by atoms with Gasteiger partial charge in [-0.25, -0.2) is 9.50 Å². The molecule has 6 rings (SSSR count). The first-order valence-electron chi connectivity index (χ1n) is 13.4. The summed E-state index contributed by atoms with van der Waals surface area (Å²) < 4.78 is 1.71. The fourth-order valence-corrected chi connectivity index (χ4v) is 5.78. The Kier molecular flexibility index (Phi) is 6.59. The fraction of sp³-hybridized carbons (Fsp3) is 0.290. The van der Waals surface area contributed by atoms with E-state index in [0.29, 0.717) is 17.7 Å². The lowest BCUT2D eigenvalue weighted by Gasteiger charge is -2.33. The number of likely N-dealkylation sites (tertiary alicyclic amines) is 1. The van der Waals surface area contributed by atoms with Crippen molar-refractivity contribution in [2.24, 2.45) is 5.73 Å². The molecule has 0 unspecified atom stereocenters. The summed E-state index contributed by atoms with van der Waals surface area (Å²) in [5.74, 6) is 4.71. The molecule has 3 N–H and O–H groups in total. The quantitative estimate of drug-likeness (QED) is 0.392. The lowest BCUT2D eigenvalue weighted by atomic mass is 9.99. The van der Waals surface area contributed by atoms with Gasteiger partial charge in [0.1, 0.15) is 11.4 Å². The second kappa shape index (κ2) is 10.4. The van der Waals surface area contributed by atoms with Gasteiger partial charge >= 0.3 is 0 Å². The van der Waals surface area contributed by atoms with Gasteiger partial charge in [0.05, 0.1) is 5.69 Å². The van der Waals surface area contributed by atoms with Gasteiger partial charge in [-0.3, -0.25) is 9.59 Å². The minimum Gasteiger partial charge on any atom is -0.364 e. The van der Waals surface area contributed by atoms with Crippen molar-refractivity contribution in [1.29, 1.82) is 0 Å². The van der Waals surface area contributed by atoms with Crippen LogP contribution < -0.4 is 11.1 Å². The molecule has 1 aliphatic heterocycles. The summed E-state index contributed by atoms with van der Waals surface area (Å²) in [6.45, 7) is 3.18. The smallest absolute Gasteiger partial charge is 0.298 e. The highest BCUT2D eigenvalue weighted by molar-refractivity contribution is 5.93. The number of rotatable bonds is 5. The number of nitrogens with two attached hydrogens (primary N) is 1. The molecule has 0 saturated carbocycles. The van der Waals surface area contributed by atoms with Crippen LogP contribution in [0.3, 0.4) is 0 Å². The number of fused-ring (bicyclic) bond motifs is 2. The fourth-order valence-electron chi connectivity index (χ4n) is 5.78. The maximum atomic E-state index is 12.1. The van der Waals surface area contributed by atoms with Gasteiger partial charge in [0.2, 0.25) is 0 Å². The van der Waals surface area contributed by atoms with E-state index in [1.54, 1.807) is 23.6 Å². The van der Waals surface area contributed by atoms with E-state index < -0.39 is 5.91 Å². The zero-order valence-electron chi connectivity index (χ0n) is 21.9. The molecule has 0 spiro atoms. The van der Waals surface area contributed by atoms with Gasteiger partial charge < -0.3 is 16.0 Å². The van der Waals surface area contributed by atoms with E-state index in [4.69, 9.17) is 10.7 Å². The summed E-state index contributed by atoms with van der Waals surface area (Å²) in [5, 5.41) is 8.36. The summed E-state index contributed by atoms with van der Waals surface area (Å²) in [6, 6.07) is 20.6. The average molecular weight is 519 g/mol. The van der Waals surface area contributed by atoms with Crippen LogP contribution >= 0.6 is 0 Å². The van der Waals surface area contributed by atoms with E-state index in [-0.39, 0.29) is 11.6 Å². The monoisotopic (exact) mass is 518 g/mol. The van der Waals surface area contributed by atoms with Crippen LogP contribution in [0, 0.1) is 11.8 Å². The number of piperidine rings is 1. The standard InChI is InChI=1S/C31H30N6O2/c1-2-6-28(38)36-17-15-23(16-18-36)33-25-12-10-21-19-22(9-11-24(21)25)29-30(20-7-4-3-5-8-20)37-27(34-29)14-13-26(35-37)31(32)39/h3-5,7-9,11,13-14,19,23,25,33H,10,12,15-18H2,1H3,(H2,32,39)/t25-/m0/s1. The number of amides is 2. The molecule has 0 bridgehead atoms. The molecule has 8 nitrogen and oxygen atoms in total. The molecule has 1 atom stereocenters. The van der Waals surface area contributed by atoms with Crippen LogP contribution in [-0.4, -0.2) is 50.4 Å². The molecule has 39 heavy (non-hydrogen) atoms. The molecule has 2 aromatic heterocycles. The number of carbonyl (C=O) groups is 2. The van der Waals surface area contributed by atoms with Gasteiger partial charge in [-0.2, -0.15) is 5.10 Å². The van der Waals surface area contributed by atoms with Crippen LogP contribution in [0.15, 0.2) is 60.7 Å². The maximum absolute atomic E-state index is 12.1. The van der Waals surface area contributed by atoms with Gasteiger partial charge in [-0.15, -0.1) is 0 Å². The molecular formula is C31H30N6O2. The topological polar surface area (TPSA) is 106 Å². The average Bonchev–Trinajstić information content (AvgIpc) is 3.54. The third-order valence-corrected chi connectivity index (χ3v) is 7.72. The number of aryl methyl sites for hydroxylation is 1. The Bertz CT molecular complexity index is 1620. The third-order valence-electron chi connectivity index (χ3n) is 7.72. The summed E-state index contributed by atoms with van der Waals surface area (Å²) in [4.78, 5) is 30.7. The van der Waals surface area contributed by atoms with Crippen molar-refractivity contribution in [3.8, 4) is 34.4 Å². The second-order valence-corrected chi connectivity index (χ2v) is 10.1. The summed E-state index contributed by atoms with van der Waals surface area (Å²) in [6.07, 6.45) is 3.90. The first-order valence-corrected chi connectivity index (χ1v) is 13.4. The molecule has 4 aromatic rings. The van der Waals surface area contributed by atoms with E-state index in [0.717, 1.165) is 61.3 Å². The lowest BCUT2D eigenvalue weighted by Crippen LogP contribution is -2.45. The lowest BCUT2D eigenvalue weighted by molar-refractivity contribution is -0.126. The van der Waals surface area contributed by atoms with E-state index in [1.807, 2.05) is 35.2 Å². The maximum Gasteiger partial charge on any atom is 0.298 e. The number of primary amides is 1. The zero-order valence-corrected chi connectivity index (χ0v) is 21.9. The summed E-state index contributed by atoms with van der Waals surface area (Å²) in [5.41, 5.74) is 12.6. The molecule has 2 aliphatic rings. The molecule has 2 aromatic carbocycles. The number of nitrogens with one attached hydrogen (secondary N) is 1. The molecule has 3 heterocycles. The predicted octanol–water partition coefficient (Wildman–Crippen LogP) is 3.75. The van der Waals surface area contributed by atoms with Crippen molar-refractivity contribution in [2.45, 2.75) is 44.7 Å². The molecule has 8 heteroatoms. The molecule has 196 valence electrons. The van der Waals surface area contributed by atoms with Gasteiger partial charge in [-0.1, -0.05) is 48.4 Å². The summed E-state index contributed by atoms with van der Waals surface area (Å²) in [7, 11) is 0. The molecular weight excluding hydrogens is 488 g/mol. The van der Waals surface area contributed by atoms with E-state index in [9.17, 15) is 9.59 Å². The van der Waals surface area contributed by atoms with Crippen molar-refractivity contribution < 1.29 is 9.59 Å². The zero-order chi connectivity index (χ0) is 26.9. The van der Waals surface area contributed by atoms with Crippen LogP contribution in [0.5, 0.6) is 0 Å². The van der Waals surface area contributed by atoms with Crippen LogP contribution in [0.1, 0.15) is 53.8 Å². The van der Waals surface area contributed by atoms with Crippen LogP contribution in [0.25, 0.3) is 28.2 Å². The number of hydrogen-bond donors (Lipinski definition) is 2. The van der Waals surface area contributed by atoms with Crippen molar-refractivity contribution in [1.82, 2.24) is 24.8 Å². The number of benzene rings is 2. The highest BCUT2D eigenvalue weighted by Gasteiger charge is 2.29. The predicted molar refractivity (Wildman–Crippen MR) is 150 cm³/mol. The van der Waals surface area contributed by atoms with E-state index in [2.05, 4.69) is 40.5 Å². The van der Waals surface area contributed by atoms with Crippen LogP contribution in [-0.2, 0) is 11.2 Å². The van der Waals surface area contributed by atoms with Gasteiger partial charge in [0, 0.05) is 36.3 Å². The van der Waals surface area contributed by atoms with Crippen molar-refractivity contribution in [3.05, 3.63) is 77.5 Å². The Labute approximate surface area is 227 Å². The minimum atomic E-state index is -0.575. The van der Waals surface area contributed by atoms with Gasteiger partial charge in [0.25, 0.3) is 11.8 Å². The Hall–Kier alpha value is -4.48. The Morgan fingerprint density at radius 3 is 2.54 bits per heavy atom. The largest absolute Gasteiger partial charge is 0.364 e. The molecule has 0 radical (unpaired) electrons. The molecule has 1 fully saturated rings. The number of imidazole rings is 1. The Morgan fingerprint density at radius 2 is 1.79 bits per heavy atom. The van der Waals surface area contributed by atoms with Crippen LogP contribution in [0.4, 0.5) is 0 Å². The molecule has 2 amide bonds. The first-order chi connectivity index (χ1) is 19.0. The van der Waals surface area contributed by atoms with Gasteiger partial charge in [-0.05, 0) is 67.9 Å². The Morgan fingerprint density at radius 1 is 1.00 bits per heavy atom. The van der Waals surface area contributed by atoms with Crippen LogP contribution in [0.2, 0.25) is 0 Å². The van der Waals surface area contributed by atoms with Crippen molar-refractivity contribution >= 4 is 17.5 Å². The minimum absolute atomic E-state index is 0.0717. The highest BCUT2D eigenvalue weighted by atomic mass is 16.2. The first kappa shape index (κ1) is 24.8. The normalized spacial score (nSPS) is 17.1. The van der Waals surface area contributed by atoms with Crippen molar-refractivity contribution in [2.75, 3.05) is 13.1 Å². The Balaban J connectivity index is 1.28. The SMILES string of the molecule is CC#CC(=O)N1CCC(N[C@H]2CCc3cc(-c4nc5ccc(C(N)=O)nn5c4-c4ccccc4)ccc32)CC1. The highest BCUT2D eigenvalue weighted by Crippen LogP contribution is 2.38. The third kappa shape index (κ3) is 4.77. The summed E-state index contributed by atoms with van der Waals surface area (Å²) >= 11 is 0. The van der Waals surface area contributed by atoms with Crippen molar-refractivity contribution in [3.63, 3.8) is 0 Å². The van der Waals surface area contributed by atoms with Gasteiger partial charge in [0.15, 0.2) is 5.65 Å². The number of hydrogen-bond acceptors (Lipinski definition) is 5. The molecule has 1 aliphatic carbocycles. The number of carbonyl (C=O) groups excluding carboxylic acids is 2. The second-order valence-electron chi connectivity index (χ2n) is 10.1. The van der Waals surface area contributed by atoms with E-state index >= 15 is 0 Å². The number of nitrogens with zero attached hydrogens (tertiary/aromatic N) is 4. The van der Waals surface area contributed by atoms with E-state index in [1.165, 1.54) is 11.1 Å². The number of aromatic nitrogens is 3. The molecule has 1 saturated heterocycles.